The molecule has 0 spiro atoms. The molecule has 1 N–H and O–H groups in total. The molecular formula is C13H7F4NO2. The number of carboxylic acids is 1. The molecule has 20 heavy (non-hydrogen) atoms. The van der Waals surface area contributed by atoms with Gasteiger partial charge in [0.25, 0.3) is 0 Å². The lowest BCUT2D eigenvalue weighted by Gasteiger charge is -2.09. The zero-order chi connectivity index (χ0) is 14.9. The molecule has 0 unspecified atom stereocenters. The van der Waals surface area contributed by atoms with Crippen LogP contribution in [0.4, 0.5) is 17.6 Å². The van der Waals surface area contributed by atoms with Gasteiger partial charge in [0.05, 0.1) is 11.1 Å². The molecule has 7 heteroatoms. The summed E-state index contributed by atoms with van der Waals surface area (Å²) in [4.78, 5) is 14.4. The quantitative estimate of drug-likeness (QED) is 0.858. The smallest absolute Gasteiger partial charge is 0.416 e. The van der Waals surface area contributed by atoms with Gasteiger partial charge in [0.2, 0.25) is 0 Å². The predicted octanol–water partition coefficient (Wildman–Crippen LogP) is 3.60. The maximum absolute atomic E-state index is 13.9. The highest BCUT2D eigenvalue weighted by Gasteiger charge is 2.30. The standard InChI is InChI=1S/C13H7F4NO2/c14-10-9(12(19)20)4-5-18-11(10)7-2-1-3-8(6-7)13(15,16)17/h1-6H,(H,19,20). The number of carbonyl (C=O) groups is 1. The summed E-state index contributed by atoms with van der Waals surface area (Å²) in [7, 11) is 0. The van der Waals surface area contributed by atoms with E-state index in [9.17, 15) is 22.4 Å². The van der Waals surface area contributed by atoms with Crippen LogP contribution in [0.5, 0.6) is 0 Å². The van der Waals surface area contributed by atoms with Crippen LogP contribution in [0.25, 0.3) is 11.3 Å². The molecule has 0 aliphatic heterocycles. The van der Waals surface area contributed by atoms with E-state index in [-0.39, 0.29) is 5.56 Å². The fourth-order valence-electron chi connectivity index (χ4n) is 1.65. The van der Waals surface area contributed by atoms with Gasteiger partial charge < -0.3 is 5.11 Å². The number of alkyl halides is 3. The molecule has 104 valence electrons. The number of hydrogen-bond donors (Lipinski definition) is 1. The molecule has 0 saturated heterocycles. The first-order chi connectivity index (χ1) is 9.30. The third kappa shape index (κ3) is 2.61. The van der Waals surface area contributed by atoms with Crippen LogP contribution in [0.1, 0.15) is 15.9 Å². The Kier molecular flexibility index (Phi) is 3.44. The second kappa shape index (κ2) is 4.92. The summed E-state index contributed by atoms with van der Waals surface area (Å²) in [5, 5.41) is 8.77. The van der Waals surface area contributed by atoms with Crippen molar-refractivity contribution in [2.45, 2.75) is 6.18 Å². The zero-order valence-corrected chi connectivity index (χ0v) is 9.78. The summed E-state index contributed by atoms with van der Waals surface area (Å²) in [6, 6.07) is 4.83. The Hall–Kier alpha value is -2.44. The molecule has 0 saturated carbocycles. The highest BCUT2D eigenvalue weighted by molar-refractivity contribution is 5.89. The Morgan fingerprint density at radius 2 is 1.90 bits per heavy atom. The van der Waals surface area contributed by atoms with Gasteiger partial charge in [-0.25, -0.2) is 9.18 Å². The zero-order valence-electron chi connectivity index (χ0n) is 9.78. The van der Waals surface area contributed by atoms with Crippen molar-refractivity contribution in [1.29, 1.82) is 0 Å². The van der Waals surface area contributed by atoms with Gasteiger partial charge in [-0.2, -0.15) is 13.2 Å². The summed E-state index contributed by atoms with van der Waals surface area (Å²) in [6.45, 7) is 0. The minimum Gasteiger partial charge on any atom is -0.478 e. The second-order valence-corrected chi connectivity index (χ2v) is 3.90. The molecule has 3 nitrogen and oxygen atoms in total. The normalized spacial score (nSPS) is 11.4. The molecule has 2 rings (SSSR count). The van der Waals surface area contributed by atoms with Crippen molar-refractivity contribution in [3.05, 3.63) is 53.5 Å². The van der Waals surface area contributed by atoms with Crippen molar-refractivity contribution in [3.63, 3.8) is 0 Å². The molecule has 0 fully saturated rings. The Morgan fingerprint density at radius 3 is 2.50 bits per heavy atom. The first kappa shape index (κ1) is 14.0. The van der Waals surface area contributed by atoms with Crippen LogP contribution in [0.15, 0.2) is 36.5 Å². The molecule has 0 amide bonds. The fraction of sp³-hybridized carbons (Fsp3) is 0.0769. The Balaban J connectivity index is 2.58. The predicted molar refractivity (Wildman–Crippen MR) is 61.6 cm³/mol. The molecular weight excluding hydrogens is 278 g/mol. The van der Waals surface area contributed by atoms with Gasteiger partial charge >= 0.3 is 12.1 Å². The maximum Gasteiger partial charge on any atom is 0.416 e. The Morgan fingerprint density at radius 1 is 1.20 bits per heavy atom. The molecule has 0 bridgehead atoms. The number of aromatic carboxylic acids is 1. The van der Waals surface area contributed by atoms with E-state index in [4.69, 9.17) is 5.11 Å². The van der Waals surface area contributed by atoms with Crippen LogP contribution in [0.3, 0.4) is 0 Å². The van der Waals surface area contributed by atoms with E-state index in [0.717, 1.165) is 30.5 Å². The van der Waals surface area contributed by atoms with Crippen molar-refractivity contribution in [1.82, 2.24) is 4.98 Å². The summed E-state index contributed by atoms with van der Waals surface area (Å²) >= 11 is 0. The van der Waals surface area contributed by atoms with Crippen molar-refractivity contribution in [2.24, 2.45) is 0 Å². The second-order valence-electron chi connectivity index (χ2n) is 3.90. The summed E-state index contributed by atoms with van der Waals surface area (Å²) in [6.07, 6.45) is -3.54. The van der Waals surface area contributed by atoms with Gasteiger partial charge in [0.1, 0.15) is 5.69 Å². The van der Waals surface area contributed by atoms with Gasteiger partial charge in [0.15, 0.2) is 5.82 Å². The van der Waals surface area contributed by atoms with Crippen LogP contribution in [-0.4, -0.2) is 16.1 Å². The summed E-state index contributed by atoms with van der Waals surface area (Å²) in [5.41, 5.74) is -2.18. The van der Waals surface area contributed by atoms with E-state index >= 15 is 0 Å². The number of nitrogens with zero attached hydrogens (tertiary/aromatic N) is 1. The van der Waals surface area contributed by atoms with Gasteiger partial charge in [-0.05, 0) is 18.2 Å². The largest absolute Gasteiger partial charge is 0.478 e. The first-order valence-corrected chi connectivity index (χ1v) is 5.36. The number of benzene rings is 1. The average molecular weight is 285 g/mol. The minimum atomic E-state index is -4.57. The lowest BCUT2D eigenvalue weighted by molar-refractivity contribution is -0.137. The van der Waals surface area contributed by atoms with E-state index in [2.05, 4.69) is 4.98 Å². The van der Waals surface area contributed by atoms with Gasteiger partial charge in [-0.1, -0.05) is 12.1 Å². The van der Waals surface area contributed by atoms with Crippen LogP contribution in [0, 0.1) is 5.82 Å². The highest BCUT2D eigenvalue weighted by atomic mass is 19.4. The van der Waals surface area contributed by atoms with Crippen molar-refractivity contribution >= 4 is 5.97 Å². The maximum atomic E-state index is 13.9. The number of halogens is 4. The number of carboxylic acid groups (broad SMARTS) is 1. The highest BCUT2D eigenvalue weighted by Crippen LogP contribution is 2.32. The molecule has 1 aromatic carbocycles. The monoisotopic (exact) mass is 285 g/mol. The average Bonchev–Trinajstić information content (AvgIpc) is 2.38. The lowest BCUT2D eigenvalue weighted by atomic mass is 10.1. The van der Waals surface area contributed by atoms with Crippen molar-refractivity contribution < 1.29 is 27.5 Å². The van der Waals surface area contributed by atoms with E-state index in [0.29, 0.717) is 0 Å². The Bertz CT molecular complexity index is 668. The fourth-order valence-corrected chi connectivity index (χ4v) is 1.65. The van der Waals surface area contributed by atoms with Gasteiger partial charge in [-0.15, -0.1) is 0 Å². The van der Waals surface area contributed by atoms with Crippen LogP contribution in [0.2, 0.25) is 0 Å². The molecule has 1 aromatic heterocycles. The van der Waals surface area contributed by atoms with Crippen molar-refractivity contribution in [3.8, 4) is 11.3 Å². The molecule has 1 heterocycles. The molecule has 0 aliphatic rings. The third-order valence-electron chi connectivity index (χ3n) is 2.58. The third-order valence-corrected chi connectivity index (χ3v) is 2.58. The van der Waals surface area contributed by atoms with E-state index in [1.165, 1.54) is 6.07 Å². The number of pyridine rings is 1. The van der Waals surface area contributed by atoms with Crippen molar-refractivity contribution in [2.75, 3.05) is 0 Å². The van der Waals surface area contributed by atoms with Crippen LogP contribution >= 0.6 is 0 Å². The summed E-state index contributed by atoms with van der Waals surface area (Å²) in [5.74, 6) is -2.68. The molecule has 0 radical (unpaired) electrons. The van der Waals surface area contributed by atoms with E-state index in [1.54, 1.807) is 0 Å². The van der Waals surface area contributed by atoms with E-state index < -0.39 is 34.8 Å². The van der Waals surface area contributed by atoms with Crippen LogP contribution in [-0.2, 0) is 6.18 Å². The summed E-state index contributed by atoms with van der Waals surface area (Å²) < 4.78 is 51.7. The lowest BCUT2D eigenvalue weighted by Crippen LogP contribution is -2.06. The number of hydrogen-bond acceptors (Lipinski definition) is 2. The topological polar surface area (TPSA) is 50.2 Å². The van der Waals surface area contributed by atoms with Crippen LogP contribution < -0.4 is 0 Å². The molecule has 2 aromatic rings. The SMILES string of the molecule is O=C(O)c1ccnc(-c2cccc(C(F)(F)F)c2)c1F. The number of rotatable bonds is 2. The first-order valence-electron chi connectivity index (χ1n) is 5.36. The molecule has 0 atom stereocenters. The minimum absolute atomic E-state index is 0.138. The Labute approximate surface area is 110 Å². The van der Waals surface area contributed by atoms with Gasteiger partial charge in [0, 0.05) is 11.8 Å². The van der Waals surface area contributed by atoms with E-state index in [1.807, 2.05) is 0 Å². The van der Waals surface area contributed by atoms with Gasteiger partial charge in [-0.3, -0.25) is 4.98 Å². The molecule has 0 aliphatic carbocycles. The number of aromatic nitrogens is 1.